The van der Waals surface area contributed by atoms with E-state index in [1.54, 1.807) is 13.2 Å². The molecule has 0 saturated heterocycles. The van der Waals surface area contributed by atoms with Crippen molar-refractivity contribution in [2.24, 2.45) is 5.73 Å². The number of nitrogens with two attached hydrogens (primary N) is 1. The molecule has 1 aromatic carbocycles. The number of ether oxygens (including phenoxy) is 3. The van der Waals surface area contributed by atoms with E-state index in [-0.39, 0.29) is 11.9 Å². The fourth-order valence-electron chi connectivity index (χ4n) is 1.81. The SMILES string of the molecule is COCCCOCCOc1ccc(F)cc1CC(C)N. The molecule has 0 saturated carbocycles. The van der Waals surface area contributed by atoms with Gasteiger partial charge < -0.3 is 19.9 Å². The van der Waals surface area contributed by atoms with Gasteiger partial charge in [0.1, 0.15) is 18.2 Å². The second-order valence-corrected chi connectivity index (χ2v) is 4.74. The molecule has 0 aliphatic rings. The van der Waals surface area contributed by atoms with Crippen molar-refractivity contribution in [1.82, 2.24) is 0 Å². The summed E-state index contributed by atoms with van der Waals surface area (Å²) in [6.07, 6.45) is 1.45. The van der Waals surface area contributed by atoms with E-state index < -0.39 is 0 Å². The van der Waals surface area contributed by atoms with Crippen molar-refractivity contribution >= 4 is 0 Å². The van der Waals surface area contributed by atoms with Gasteiger partial charge in [-0.2, -0.15) is 0 Å². The van der Waals surface area contributed by atoms with Gasteiger partial charge >= 0.3 is 0 Å². The van der Waals surface area contributed by atoms with Crippen LogP contribution in [0.5, 0.6) is 5.75 Å². The molecule has 4 nitrogen and oxygen atoms in total. The van der Waals surface area contributed by atoms with Crippen molar-refractivity contribution in [3.63, 3.8) is 0 Å². The first kappa shape index (κ1) is 16.9. The summed E-state index contributed by atoms with van der Waals surface area (Å²) in [5, 5.41) is 0. The lowest BCUT2D eigenvalue weighted by Gasteiger charge is -2.13. The van der Waals surface area contributed by atoms with Gasteiger partial charge in [0.25, 0.3) is 0 Å². The zero-order valence-corrected chi connectivity index (χ0v) is 12.2. The molecule has 1 unspecified atom stereocenters. The van der Waals surface area contributed by atoms with E-state index in [0.717, 1.165) is 12.0 Å². The van der Waals surface area contributed by atoms with Crippen molar-refractivity contribution in [1.29, 1.82) is 0 Å². The molecule has 1 atom stereocenters. The zero-order valence-electron chi connectivity index (χ0n) is 12.2. The van der Waals surface area contributed by atoms with Crippen molar-refractivity contribution in [3.05, 3.63) is 29.6 Å². The summed E-state index contributed by atoms with van der Waals surface area (Å²) in [6.45, 7) is 4.15. The summed E-state index contributed by atoms with van der Waals surface area (Å²) in [5.74, 6) is 0.396. The number of hydrogen-bond donors (Lipinski definition) is 1. The summed E-state index contributed by atoms with van der Waals surface area (Å²) in [7, 11) is 1.66. The first-order valence-electron chi connectivity index (χ1n) is 6.87. The maximum atomic E-state index is 13.2. The molecule has 0 aliphatic heterocycles. The summed E-state index contributed by atoms with van der Waals surface area (Å²) in [6, 6.07) is 4.46. The maximum absolute atomic E-state index is 13.2. The molecule has 1 aromatic rings. The average Bonchev–Trinajstić information content (AvgIpc) is 2.39. The largest absolute Gasteiger partial charge is 0.491 e. The quantitative estimate of drug-likeness (QED) is 0.669. The minimum atomic E-state index is -0.274. The number of hydrogen-bond acceptors (Lipinski definition) is 4. The highest BCUT2D eigenvalue weighted by Crippen LogP contribution is 2.21. The van der Waals surface area contributed by atoms with Crippen LogP contribution in [0, 0.1) is 5.82 Å². The summed E-state index contributed by atoms with van der Waals surface area (Å²) < 4.78 is 29.2. The van der Waals surface area contributed by atoms with Crippen LogP contribution in [0.3, 0.4) is 0 Å². The molecule has 0 fully saturated rings. The van der Waals surface area contributed by atoms with E-state index >= 15 is 0 Å². The molecule has 5 heteroatoms. The summed E-state index contributed by atoms with van der Waals surface area (Å²) in [5.41, 5.74) is 6.54. The highest BCUT2D eigenvalue weighted by molar-refractivity contribution is 5.34. The van der Waals surface area contributed by atoms with E-state index in [4.69, 9.17) is 19.9 Å². The molecule has 0 amide bonds. The molecular formula is C15H24FNO3. The molecule has 20 heavy (non-hydrogen) atoms. The standard InChI is InChI=1S/C15H24FNO3/c1-12(17)10-13-11-14(16)4-5-15(13)20-9-8-19-7-3-6-18-2/h4-5,11-12H,3,6-10,17H2,1-2H3. The van der Waals surface area contributed by atoms with E-state index in [2.05, 4.69) is 0 Å². The second-order valence-electron chi connectivity index (χ2n) is 4.74. The Labute approximate surface area is 120 Å². The van der Waals surface area contributed by atoms with Gasteiger partial charge in [0.15, 0.2) is 0 Å². The third kappa shape index (κ3) is 6.84. The molecule has 2 N–H and O–H groups in total. The monoisotopic (exact) mass is 285 g/mol. The molecular weight excluding hydrogens is 261 g/mol. The Hall–Kier alpha value is -1.17. The van der Waals surface area contributed by atoms with Crippen molar-refractivity contribution < 1.29 is 18.6 Å². The normalized spacial score (nSPS) is 12.4. The number of benzene rings is 1. The molecule has 0 aliphatic carbocycles. The predicted octanol–water partition coefficient (Wildman–Crippen LogP) is 2.15. The first-order chi connectivity index (χ1) is 9.63. The maximum Gasteiger partial charge on any atom is 0.123 e. The molecule has 0 bridgehead atoms. The van der Waals surface area contributed by atoms with Crippen LogP contribution in [0.1, 0.15) is 18.9 Å². The van der Waals surface area contributed by atoms with Crippen molar-refractivity contribution in [3.8, 4) is 5.75 Å². The van der Waals surface area contributed by atoms with Crippen LogP contribution in [0.2, 0.25) is 0 Å². The minimum absolute atomic E-state index is 0.0376. The predicted molar refractivity (Wildman–Crippen MR) is 76.6 cm³/mol. The Morgan fingerprint density at radius 1 is 1.20 bits per heavy atom. The highest BCUT2D eigenvalue weighted by atomic mass is 19.1. The smallest absolute Gasteiger partial charge is 0.123 e. The van der Waals surface area contributed by atoms with Crippen LogP contribution >= 0.6 is 0 Å². The van der Waals surface area contributed by atoms with E-state index in [1.165, 1.54) is 12.1 Å². The zero-order chi connectivity index (χ0) is 14.8. The topological polar surface area (TPSA) is 53.7 Å². The molecule has 0 spiro atoms. The van der Waals surface area contributed by atoms with Gasteiger partial charge in [0, 0.05) is 26.4 Å². The van der Waals surface area contributed by atoms with Crippen LogP contribution in [0.25, 0.3) is 0 Å². The van der Waals surface area contributed by atoms with Gasteiger partial charge in [0.05, 0.1) is 6.61 Å². The fourth-order valence-corrected chi connectivity index (χ4v) is 1.81. The van der Waals surface area contributed by atoms with Gasteiger partial charge in [-0.15, -0.1) is 0 Å². The molecule has 0 heterocycles. The van der Waals surface area contributed by atoms with Crippen LogP contribution in [0.15, 0.2) is 18.2 Å². The number of methoxy groups -OCH3 is 1. The Morgan fingerprint density at radius 3 is 2.70 bits per heavy atom. The lowest BCUT2D eigenvalue weighted by atomic mass is 10.1. The molecule has 0 aromatic heterocycles. The average molecular weight is 285 g/mol. The van der Waals surface area contributed by atoms with Crippen LogP contribution < -0.4 is 10.5 Å². The summed E-state index contributed by atoms with van der Waals surface area (Å²) in [4.78, 5) is 0. The Kier molecular flexibility index (Phi) is 8.18. The van der Waals surface area contributed by atoms with Crippen LogP contribution in [-0.2, 0) is 15.9 Å². The lowest BCUT2D eigenvalue weighted by molar-refractivity contribution is 0.0804. The van der Waals surface area contributed by atoms with Gasteiger partial charge in [-0.1, -0.05) is 0 Å². The Morgan fingerprint density at radius 2 is 2.00 bits per heavy atom. The molecule has 0 radical (unpaired) electrons. The van der Waals surface area contributed by atoms with E-state index in [0.29, 0.717) is 38.6 Å². The lowest BCUT2D eigenvalue weighted by Crippen LogP contribution is -2.19. The number of halogens is 1. The fraction of sp³-hybridized carbons (Fsp3) is 0.600. The molecule has 1 rings (SSSR count). The Bertz CT molecular complexity index is 385. The van der Waals surface area contributed by atoms with Gasteiger partial charge in [-0.25, -0.2) is 4.39 Å². The Balaban J connectivity index is 2.35. The van der Waals surface area contributed by atoms with Gasteiger partial charge in [0.2, 0.25) is 0 Å². The molecule has 114 valence electrons. The second kappa shape index (κ2) is 9.69. The summed E-state index contributed by atoms with van der Waals surface area (Å²) >= 11 is 0. The van der Waals surface area contributed by atoms with Crippen LogP contribution in [0.4, 0.5) is 4.39 Å². The third-order valence-electron chi connectivity index (χ3n) is 2.69. The van der Waals surface area contributed by atoms with E-state index in [9.17, 15) is 4.39 Å². The third-order valence-corrected chi connectivity index (χ3v) is 2.69. The van der Waals surface area contributed by atoms with Crippen molar-refractivity contribution in [2.45, 2.75) is 25.8 Å². The minimum Gasteiger partial charge on any atom is -0.491 e. The van der Waals surface area contributed by atoms with Gasteiger partial charge in [-0.3, -0.25) is 0 Å². The van der Waals surface area contributed by atoms with E-state index in [1.807, 2.05) is 6.92 Å². The van der Waals surface area contributed by atoms with Crippen molar-refractivity contribution in [2.75, 3.05) is 33.5 Å². The highest BCUT2D eigenvalue weighted by Gasteiger charge is 2.07. The number of rotatable bonds is 10. The van der Waals surface area contributed by atoms with Gasteiger partial charge in [-0.05, 0) is 43.5 Å². The van der Waals surface area contributed by atoms with Crippen LogP contribution in [-0.4, -0.2) is 39.6 Å². The first-order valence-corrected chi connectivity index (χ1v) is 6.87.